The molecule has 45 heavy (non-hydrogen) atoms. The Labute approximate surface area is 278 Å². The predicted molar refractivity (Wildman–Crippen MR) is 193 cm³/mol. The first-order chi connectivity index (χ1) is 20.9. The van der Waals surface area contributed by atoms with E-state index in [4.69, 9.17) is 22.1 Å². The molecule has 0 saturated carbocycles. The Balaban J connectivity index is 3.74. The van der Waals surface area contributed by atoms with Gasteiger partial charge in [-0.25, -0.2) is 0 Å². The number of carbonyl (C=O) groups is 2. The van der Waals surface area contributed by atoms with Crippen LogP contribution in [0.5, 0.6) is 0 Å². The molecule has 0 N–H and O–H groups in total. The Bertz CT molecular complexity index is 978. The molecule has 1 atom stereocenters. The number of nitrogens with zero attached hydrogens (tertiary/aromatic N) is 1. The third-order valence-electron chi connectivity index (χ3n) is 9.89. The standard InChI is InChI=1S/C34H65NO7Si3/c1-25(2)44(26(3)4,27(5)6)41-33(36)24-32(34(37)42-45(28(7)8,29(9)10)30(11)12)35(31-20-17-16-18-21-31)22-19-23-43(38-13,39-14)40-15/h16-18,20-21,25-30,32H,19,22-24H2,1-15H3. The molecule has 1 aromatic rings. The van der Waals surface area contributed by atoms with Gasteiger partial charge in [0.25, 0.3) is 22.6 Å². The number of carbonyl (C=O) groups excluding carboxylic acids is 2. The predicted octanol–water partition coefficient (Wildman–Crippen LogP) is 8.96. The fraction of sp³-hybridized carbons (Fsp3) is 0.765. The molecule has 0 aromatic heterocycles. The zero-order chi connectivity index (χ0) is 34.8. The summed E-state index contributed by atoms with van der Waals surface area (Å²) >= 11 is 0. The maximum Gasteiger partial charge on any atom is 0.500 e. The van der Waals surface area contributed by atoms with Crippen LogP contribution in [-0.2, 0) is 31.7 Å². The molecule has 0 saturated heterocycles. The van der Waals surface area contributed by atoms with E-state index in [0.717, 1.165) is 5.69 Å². The lowest BCUT2D eigenvalue weighted by Crippen LogP contribution is -2.55. The Morgan fingerprint density at radius 3 is 1.42 bits per heavy atom. The van der Waals surface area contributed by atoms with Crippen molar-refractivity contribution in [2.75, 3.05) is 32.8 Å². The van der Waals surface area contributed by atoms with Gasteiger partial charge in [-0.05, 0) is 51.8 Å². The average Bonchev–Trinajstić information content (AvgIpc) is 2.97. The number of benzene rings is 1. The molecule has 8 nitrogen and oxygen atoms in total. The van der Waals surface area contributed by atoms with Gasteiger partial charge >= 0.3 is 14.8 Å². The van der Waals surface area contributed by atoms with Crippen molar-refractivity contribution in [1.82, 2.24) is 0 Å². The van der Waals surface area contributed by atoms with Gasteiger partial charge in [-0.15, -0.1) is 0 Å². The minimum atomic E-state index is -2.85. The summed E-state index contributed by atoms with van der Waals surface area (Å²) in [5.74, 6) is -0.681. The van der Waals surface area contributed by atoms with Crippen molar-refractivity contribution in [2.45, 2.75) is 141 Å². The van der Waals surface area contributed by atoms with E-state index in [2.05, 4.69) is 83.1 Å². The zero-order valence-corrected chi connectivity index (χ0v) is 34.1. The van der Waals surface area contributed by atoms with Crippen molar-refractivity contribution in [3.63, 3.8) is 0 Å². The molecule has 0 aliphatic heterocycles. The molecule has 0 spiro atoms. The number of para-hydroxylation sites is 1. The van der Waals surface area contributed by atoms with Crippen LogP contribution < -0.4 is 4.90 Å². The van der Waals surface area contributed by atoms with E-state index in [1.54, 1.807) is 21.3 Å². The molecule has 11 heteroatoms. The minimum Gasteiger partial charge on any atom is -0.518 e. The highest BCUT2D eigenvalue weighted by Crippen LogP contribution is 2.44. The average molecular weight is 684 g/mol. The lowest BCUT2D eigenvalue weighted by atomic mass is 10.1. The van der Waals surface area contributed by atoms with Crippen molar-refractivity contribution < 1.29 is 31.7 Å². The van der Waals surface area contributed by atoms with Crippen molar-refractivity contribution >= 4 is 43.1 Å². The van der Waals surface area contributed by atoms with Gasteiger partial charge in [0.15, 0.2) is 0 Å². The molecule has 1 rings (SSSR count). The molecule has 0 bridgehead atoms. The van der Waals surface area contributed by atoms with Gasteiger partial charge in [0, 0.05) is 39.6 Å². The number of rotatable bonds is 20. The normalized spacial score (nSPS) is 13.8. The quantitative estimate of drug-likeness (QED) is 0.126. The molecule has 0 heterocycles. The van der Waals surface area contributed by atoms with Crippen molar-refractivity contribution in [3.8, 4) is 0 Å². The molecule has 0 aliphatic carbocycles. The topological polar surface area (TPSA) is 83.5 Å². The summed E-state index contributed by atoms with van der Waals surface area (Å²) in [4.78, 5) is 30.7. The lowest BCUT2D eigenvalue weighted by molar-refractivity contribution is -0.143. The highest BCUT2D eigenvalue weighted by atomic mass is 28.4. The van der Waals surface area contributed by atoms with E-state index in [0.29, 0.717) is 19.0 Å². The Kier molecular flexibility index (Phi) is 16.7. The van der Waals surface area contributed by atoms with E-state index in [1.807, 2.05) is 35.2 Å². The monoisotopic (exact) mass is 683 g/mol. The van der Waals surface area contributed by atoms with Gasteiger partial charge in [-0.1, -0.05) is 101 Å². The fourth-order valence-corrected chi connectivity index (χ4v) is 19.9. The van der Waals surface area contributed by atoms with Crippen LogP contribution in [0, 0.1) is 0 Å². The number of anilines is 1. The maximum atomic E-state index is 14.6. The van der Waals surface area contributed by atoms with Gasteiger partial charge in [0.2, 0.25) is 0 Å². The second-order valence-electron chi connectivity index (χ2n) is 14.2. The van der Waals surface area contributed by atoms with Gasteiger partial charge in [0.1, 0.15) is 6.04 Å². The summed E-state index contributed by atoms with van der Waals surface area (Å²) in [5.41, 5.74) is 2.16. The first-order valence-corrected chi connectivity index (χ1v) is 23.0. The van der Waals surface area contributed by atoms with Gasteiger partial charge in [0.05, 0.1) is 6.42 Å². The number of hydrogen-bond acceptors (Lipinski definition) is 8. The summed E-state index contributed by atoms with van der Waals surface area (Å²) in [6, 6.07) is 9.50. The highest BCUT2D eigenvalue weighted by molar-refractivity contribution is 6.79. The van der Waals surface area contributed by atoms with Crippen LogP contribution in [-0.4, -0.2) is 71.3 Å². The smallest absolute Gasteiger partial charge is 0.500 e. The summed E-state index contributed by atoms with van der Waals surface area (Å²) < 4.78 is 30.4. The molecule has 260 valence electrons. The molecule has 1 aromatic carbocycles. The Hall–Kier alpha value is -1.51. The minimum absolute atomic E-state index is 0.0885. The van der Waals surface area contributed by atoms with Gasteiger partial charge in [-0.3, -0.25) is 9.59 Å². The van der Waals surface area contributed by atoms with Crippen LogP contribution in [0.1, 0.15) is 95.9 Å². The molecule has 0 fully saturated rings. The molecule has 0 amide bonds. The first kappa shape index (κ1) is 41.5. The first-order valence-electron chi connectivity index (χ1n) is 16.8. The van der Waals surface area contributed by atoms with Crippen LogP contribution in [0.2, 0.25) is 39.3 Å². The largest absolute Gasteiger partial charge is 0.518 e. The maximum absolute atomic E-state index is 14.6. The van der Waals surface area contributed by atoms with Crippen LogP contribution in [0.25, 0.3) is 0 Å². The summed E-state index contributed by atoms with van der Waals surface area (Å²) in [6.07, 6.45) is 0.536. The Morgan fingerprint density at radius 1 is 0.644 bits per heavy atom. The Morgan fingerprint density at radius 2 is 1.04 bits per heavy atom. The molecule has 0 aliphatic rings. The third kappa shape index (κ3) is 9.76. The van der Waals surface area contributed by atoms with E-state index >= 15 is 0 Å². The SMILES string of the molecule is CO[Si](CCCN(c1ccccc1)C(CC(=O)O[Si](C(C)C)(C(C)C)C(C)C)C(=O)O[Si](C(C)C)(C(C)C)C(C)C)(OC)OC. The molecule has 1 unspecified atom stereocenters. The van der Waals surface area contributed by atoms with Crippen LogP contribution in [0.15, 0.2) is 30.3 Å². The second kappa shape index (κ2) is 18.1. The lowest BCUT2D eigenvalue weighted by Gasteiger charge is -2.44. The summed E-state index contributed by atoms with van der Waals surface area (Å²) in [5, 5.41) is 0. The van der Waals surface area contributed by atoms with E-state index in [9.17, 15) is 9.59 Å². The van der Waals surface area contributed by atoms with E-state index < -0.39 is 31.5 Å². The van der Waals surface area contributed by atoms with Crippen LogP contribution in [0.4, 0.5) is 5.69 Å². The molecule has 0 radical (unpaired) electrons. The van der Waals surface area contributed by atoms with Crippen LogP contribution >= 0.6 is 0 Å². The summed E-state index contributed by atoms with van der Waals surface area (Å²) in [6.45, 7) is 26.4. The van der Waals surface area contributed by atoms with E-state index in [1.165, 1.54) is 0 Å². The second-order valence-corrected chi connectivity index (χ2v) is 28.0. The van der Waals surface area contributed by atoms with Crippen molar-refractivity contribution in [2.24, 2.45) is 0 Å². The number of hydrogen-bond donors (Lipinski definition) is 0. The zero-order valence-electron chi connectivity index (χ0n) is 31.1. The van der Waals surface area contributed by atoms with Crippen LogP contribution in [0.3, 0.4) is 0 Å². The van der Waals surface area contributed by atoms with Gasteiger partial charge < -0.3 is 27.0 Å². The summed E-state index contributed by atoms with van der Waals surface area (Å²) in [7, 11) is -3.17. The van der Waals surface area contributed by atoms with Crippen molar-refractivity contribution in [3.05, 3.63) is 30.3 Å². The molecular formula is C34H65NO7Si3. The molecular weight excluding hydrogens is 619 g/mol. The van der Waals surface area contributed by atoms with E-state index in [-0.39, 0.29) is 51.6 Å². The van der Waals surface area contributed by atoms with Gasteiger partial charge in [-0.2, -0.15) is 0 Å². The highest BCUT2D eigenvalue weighted by Gasteiger charge is 2.51. The van der Waals surface area contributed by atoms with Crippen molar-refractivity contribution in [1.29, 1.82) is 0 Å². The third-order valence-corrected chi connectivity index (χ3v) is 24.7. The fourth-order valence-electron chi connectivity index (χ4n) is 7.77.